The van der Waals surface area contributed by atoms with Gasteiger partial charge in [-0.05, 0) is 108 Å². The molecule has 0 aromatic heterocycles. The van der Waals surface area contributed by atoms with E-state index in [1.165, 1.54) is 108 Å². The van der Waals surface area contributed by atoms with Gasteiger partial charge in [-0.3, -0.25) is 0 Å². The standard InChI is InChI=1S/C42H22/c1-5-15-31-23(11-1)27-19-9-20-28-24-12-2-7-17-33(24)39-40-34-18-8-4-14-26(34)30-22-10-21-29-25-13-3-6-16-32(25)38(42(40)36(29)30)37(31)41(39)35(27)28/h1-22H. The predicted molar refractivity (Wildman–Crippen MR) is 184 cm³/mol. The monoisotopic (exact) mass is 526 g/mol. The Bertz CT molecular complexity index is 2520. The molecule has 0 N–H and O–H groups in total. The summed E-state index contributed by atoms with van der Waals surface area (Å²) in [5.74, 6) is 0. The van der Waals surface area contributed by atoms with Crippen molar-refractivity contribution in [1.82, 2.24) is 0 Å². The molecule has 0 heterocycles. The number of rotatable bonds is 0. The van der Waals surface area contributed by atoms with Gasteiger partial charge in [0.05, 0.1) is 0 Å². The van der Waals surface area contributed by atoms with Crippen LogP contribution >= 0.6 is 0 Å². The van der Waals surface area contributed by atoms with Crippen LogP contribution in [0, 0.1) is 0 Å². The summed E-state index contributed by atoms with van der Waals surface area (Å²) in [5.41, 5.74) is 0. The second kappa shape index (κ2) is 7.24. The molecule has 0 radical (unpaired) electrons. The molecule has 0 unspecified atom stereocenters. The smallest absolute Gasteiger partial charge is 0.0000929 e. The van der Waals surface area contributed by atoms with Crippen molar-refractivity contribution in [3.8, 4) is 0 Å². The molecule has 0 fully saturated rings. The normalized spacial score (nSPS) is 12.8. The highest BCUT2D eigenvalue weighted by Crippen LogP contribution is 2.54. The lowest BCUT2D eigenvalue weighted by Gasteiger charge is -2.24. The minimum absolute atomic E-state index is 1.33. The number of benzene rings is 11. The van der Waals surface area contributed by atoms with E-state index in [2.05, 4.69) is 133 Å². The fraction of sp³-hybridized carbons (Fsp3) is 0. The summed E-state index contributed by atoms with van der Waals surface area (Å²) in [6.45, 7) is 0. The Balaban J connectivity index is 1.71. The lowest BCUT2D eigenvalue weighted by atomic mass is 9.78. The Morgan fingerprint density at radius 3 is 0.595 bits per heavy atom. The Hall–Kier alpha value is -5.46. The molecule has 0 amide bonds. The molecule has 0 aliphatic rings. The molecule has 0 spiro atoms. The maximum absolute atomic E-state index is 2.35. The molecular weight excluding hydrogens is 504 g/mol. The highest BCUT2D eigenvalue weighted by atomic mass is 14.3. The molecule has 0 heteroatoms. The van der Waals surface area contributed by atoms with Gasteiger partial charge in [0, 0.05) is 0 Å². The van der Waals surface area contributed by atoms with E-state index < -0.39 is 0 Å². The Kier molecular flexibility index (Phi) is 3.67. The first-order valence-corrected chi connectivity index (χ1v) is 14.8. The summed E-state index contributed by atoms with van der Waals surface area (Å²) in [6.07, 6.45) is 0. The summed E-state index contributed by atoms with van der Waals surface area (Å²) in [5, 5.41) is 27.2. The van der Waals surface area contributed by atoms with Crippen LogP contribution in [0.5, 0.6) is 0 Å². The zero-order valence-corrected chi connectivity index (χ0v) is 22.7. The van der Waals surface area contributed by atoms with Gasteiger partial charge in [0.2, 0.25) is 0 Å². The van der Waals surface area contributed by atoms with Crippen molar-refractivity contribution < 1.29 is 0 Å². The van der Waals surface area contributed by atoms with Gasteiger partial charge in [-0.25, -0.2) is 0 Å². The van der Waals surface area contributed by atoms with E-state index >= 15 is 0 Å². The molecule has 0 nitrogen and oxygen atoms in total. The molecule has 42 heavy (non-hydrogen) atoms. The highest BCUT2D eigenvalue weighted by Gasteiger charge is 2.25. The van der Waals surface area contributed by atoms with Crippen molar-refractivity contribution in [2.45, 2.75) is 0 Å². The lowest BCUT2D eigenvalue weighted by Crippen LogP contribution is -1.95. The topological polar surface area (TPSA) is 0 Å². The first kappa shape index (κ1) is 21.3. The summed E-state index contributed by atoms with van der Waals surface area (Å²) < 4.78 is 0. The van der Waals surface area contributed by atoms with Crippen LogP contribution in [0.15, 0.2) is 133 Å². The summed E-state index contributed by atoms with van der Waals surface area (Å²) in [6, 6.07) is 50.2. The van der Waals surface area contributed by atoms with E-state index in [0.29, 0.717) is 0 Å². The van der Waals surface area contributed by atoms with E-state index in [1.54, 1.807) is 0 Å². The van der Waals surface area contributed by atoms with E-state index in [0.717, 1.165) is 0 Å². The van der Waals surface area contributed by atoms with Crippen LogP contribution in [-0.2, 0) is 0 Å². The van der Waals surface area contributed by atoms with Crippen LogP contribution in [-0.4, -0.2) is 0 Å². The number of fused-ring (bicyclic) bond motifs is 14. The SMILES string of the molecule is c1ccc2c(c1)c1cccc3c4ccccc4c4c5c6ccccc6c6cccc7c8ccccc8c(c2c4c13)c5c76. The fourth-order valence-corrected chi connectivity index (χ4v) is 8.61. The van der Waals surface area contributed by atoms with Crippen molar-refractivity contribution in [3.63, 3.8) is 0 Å². The van der Waals surface area contributed by atoms with Crippen LogP contribution in [0.25, 0.3) is 108 Å². The quantitative estimate of drug-likeness (QED) is 0.136. The van der Waals surface area contributed by atoms with Crippen molar-refractivity contribution in [2.24, 2.45) is 0 Å². The first-order valence-electron chi connectivity index (χ1n) is 14.8. The van der Waals surface area contributed by atoms with Crippen LogP contribution in [0.3, 0.4) is 0 Å². The Morgan fingerprint density at radius 1 is 0.143 bits per heavy atom. The predicted octanol–water partition coefficient (Wildman–Crippen LogP) is 12.1. The average molecular weight is 527 g/mol. The Morgan fingerprint density at radius 2 is 0.333 bits per heavy atom. The van der Waals surface area contributed by atoms with Crippen LogP contribution < -0.4 is 0 Å². The fourth-order valence-electron chi connectivity index (χ4n) is 8.61. The second-order valence-corrected chi connectivity index (χ2v) is 11.9. The molecule has 0 aliphatic carbocycles. The molecule has 190 valence electrons. The number of hydrogen-bond donors (Lipinski definition) is 0. The minimum atomic E-state index is 1.33. The second-order valence-electron chi connectivity index (χ2n) is 11.9. The molecule has 11 aromatic rings. The third-order valence-corrected chi connectivity index (χ3v) is 10.1. The first-order chi connectivity index (χ1) is 20.9. The van der Waals surface area contributed by atoms with Crippen LogP contribution in [0.1, 0.15) is 0 Å². The average Bonchev–Trinajstić information content (AvgIpc) is 3.07. The van der Waals surface area contributed by atoms with Crippen molar-refractivity contribution in [2.75, 3.05) is 0 Å². The van der Waals surface area contributed by atoms with Gasteiger partial charge in [0.15, 0.2) is 0 Å². The molecule has 11 rings (SSSR count). The molecule has 0 aliphatic heterocycles. The van der Waals surface area contributed by atoms with E-state index in [4.69, 9.17) is 0 Å². The summed E-state index contributed by atoms with van der Waals surface area (Å²) in [4.78, 5) is 0. The summed E-state index contributed by atoms with van der Waals surface area (Å²) in [7, 11) is 0. The third kappa shape index (κ3) is 2.28. The maximum Gasteiger partial charge on any atom is -0.0000929 e. The van der Waals surface area contributed by atoms with Crippen LogP contribution in [0.4, 0.5) is 0 Å². The zero-order chi connectivity index (χ0) is 27.1. The van der Waals surface area contributed by atoms with Gasteiger partial charge in [0.1, 0.15) is 0 Å². The third-order valence-electron chi connectivity index (χ3n) is 10.1. The Labute approximate surface area is 240 Å². The molecule has 0 atom stereocenters. The largest absolute Gasteiger partial charge is 0.0616 e. The molecule has 0 bridgehead atoms. The molecule has 0 saturated heterocycles. The van der Waals surface area contributed by atoms with Gasteiger partial charge in [-0.15, -0.1) is 0 Å². The van der Waals surface area contributed by atoms with E-state index in [-0.39, 0.29) is 0 Å². The number of hydrogen-bond acceptors (Lipinski definition) is 0. The van der Waals surface area contributed by atoms with Crippen molar-refractivity contribution in [3.05, 3.63) is 133 Å². The van der Waals surface area contributed by atoms with Crippen molar-refractivity contribution >= 4 is 108 Å². The van der Waals surface area contributed by atoms with E-state index in [9.17, 15) is 0 Å². The maximum atomic E-state index is 2.35. The summed E-state index contributed by atoms with van der Waals surface area (Å²) >= 11 is 0. The minimum Gasteiger partial charge on any atom is -0.0616 e. The van der Waals surface area contributed by atoms with E-state index in [1.807, 2.05) is 0 Å². The molecule has 11 aromatic carbocycles. The lowest BCUT2D eigenvalue weighted by molar-refractivity contribution is 1.79. The zero-order valence-electron chi connectivity index (χ0n) is 22.7. The van der Waals surface area contributed by atoms with Gasteiger partial charge < -0.3 is 0 Å². The molecular formula is C42H22. The van der Waals surface area contributed by atoms with Gasteiger partial charge in [-0.2, -0.15) is 0 Å². The van der Waals surface area contributed by atoms with Crippen molar-refractivity contribution in [1.29, 1.82) is 0 Å². The van der Waals surface area contributed by atoms with Crippen LogP contribution in [0.2, 0.25) is 0 Å². The highest BCUT2D eigenvalue weighted by molar-refractivity contribution is 6.55. The van der Waals surface area contributed by atoms with Gasteiger partial charge in [-0.1, -0.05) is 133 Å². The van der Waals surface area contributed by atoms with Gasteiger partial charge in [0.25, 0.3) is 0 Å². The van der Waals surface area contributed by atoms with Gasteiger partial charge >= 0.3 is 0 Å². The molecule has 0 saturated carbocycles.